The molecule has 0 fully saturated rings. The molecule has 0 saturated carbocycles. The summed E-state index contributed by atoms with van der Waals surface area (Å²) in [7, 11) is 1.58. The zero-order valence-electron chi connectivity index (χ0n) is 11.5. The van der Waals surface area contributed by atoms with Crippen molar-refractivity contribution in [1.82, 2.24) is 5.32 Å². The van der Waals surface area contributed by atoms with Gasteiger partial charge < -0.3 is 20.0 Å². The van der Waals surface area contributed by atoms with Crippen molar-refractivity contribution in [1.29, 1.82) is 0 Å². The van der Waals surface area contributed by atoms with E-state index < -0.39 is 5.97 Å². The average molecular weight is 637 g/mol. The SMILES string of the molecule is CNC(=O)c1c(I)cc(I)c(OCCCC(=O)[O-])c1I.[Na+]. The second-order valence-corrected chi connectivity index (χ2v) is 7.16. The van der Waals surface area contributed by atoms with E-state index in [1.165, 1.54) is 0 Å². The number of benzene rings is 1. The molecule has 1 rings (SSSR count). The molecule has 0 unspecified atom stereocenters. The fraction of sp³-hybridized carbons (Fsp3) is 0.333. The van der Waals surface area contributed by atoms with Crippen molar-refractivity contribution in [2.75, 3.05) is 13.7 Å². The summed E-state index contributed by atoms with van der Waals surface area (Å²) in [5.74, 6) is -0.648. The van der Waals surface area contributed by atoms with Gasteiger partial charge in [0, 0.05) is 16.6 Å². The van der Waals surface area contributed by atoms with Crippen LogP contribution in [0.4, 0.5) is 0 Å². The predicted octanol–water partition coefficient (Wildman–Crippen LogP) is -1.23. The normalized spacial score (nSPS) is 9.71. The Morgan fingerprint density at radius 1 is 1.29 bits per heavy atom. The number of carboxylic acid groups (broad SMARTS) is 1. The van der Waals surface area contributed by atoms with Gasteiger partial charge in [-0.1, -0.05) is 0 Å². The maximum absolute atomic E-state index is 11.9. The Bertz CT molecular complexity index is 540. The first-order valence-corrected chi connectivity index (χ1v) is 8.84. The molecule has 0 spiro atoms. The monoisotopic (exact) mass is 637 g/mol. The van der Waals surface area contributed by atoms with Crippen molar-refractivity contribution in [3.05, 3.63) is 22.3 Å². The molecule has 1 amide bonds. The quantitative estimate of drug-likeness (QED) is 0.241. The molecule has 1 N–H and O–H groups in total. The van der Waals surface area contributed by atoms with Gasteiger partial charge >= 0.3 is 29.6 Å². The van der Waals surface area contributed by atoms with Gasteiger partial charge in [-0.2, -0.15) is 0 Å². The van der Waals surface area contributed by atoms with Crippen LogP contribution in [0.3, 0.4) is 0 Å². The van der Waals surface area contributed by atoms with Crippen LogP contribution in [0.2, 0.25) is 0 Å². The van der Waals surface area contributed by atoms with E-state index in [9.17, 15) is 14.7 Å². The second-order valence-electron chi connectivity index (χ2n) is 3.76. The second kappa shape index (κ2) is 10.8. The fourth-order valence-corrected chi connectivity index (χ4v) is 5.60. The molecular formula is C12H11I3NNaO4. The molecule has 0 saturated heterocycles. The van der Waals surface area contributed by atoms with Gasteiger partial charge in [0.1, 0.15) is 5.75 Å². The van der Waals surface area contributed by atoms with E-state index in [-0.39, 0.29) is 48.5 Å². The van der Waals surface area contributed by atoms with Crippen LogP contribution >= 0.6 is 67.8 Å². The third-order valence-corrected chi connectivity index (χ3v) is 5.04. The molecule has 0 aliphatic heterocycles. The van der Waals surface area contributed by atoms with Gasteiger partial charge in [0.05, 0.1) is 19.3 Å². The van der Waals surface area contributed by atoms with Crippen molar-refractivity contribution in [3.63, 3.8) is 0 Å². The van der Waals surface area contributed by atoms with Crippen LogP contribution in [0.25, 0.3) is 0 Å². The predicted molar refractivity (Wildman–Crippen MR) is 97.7 cm³/mol. The van der Waals surface area contributed by atoms with E-state index in [1.54, 1.807) is 7.05 Å². The molecule has 0 aliphatic carbocycles. The third kappa shape index (κ3) is 6.65. The third-order valence-electron chi connectivity index (χ3n) is 2.35. The summed E-state index contributed by atoms with van der Waals surface area (Å²) in [6.07, 6.45) is 0.329. The van der Waals surface area contributed by atoms with E-state index in [0.29, 0.717) is 17.7 Å². The summed E-state index contributed by atoms with van der Waals surface area (Å²) in [5, 5.41) is 12.9. The topological polar surface area (TPSA) is 78.5 Å². The summed E-state index contributed by atoms with van der Waals surface area (Å²) < 4.78 is 8.08. The Hall–Kier alpha value is 1.15. The van der Waals surface area contributed by atoms with Crippen molar-refractivity contribution in [3.8, 4) is 5.75 Å². The molecule has 0 aromatic heterocycles. The number of carbonyl (C=O) groups is 2. The minimum atomic E-state index is -1.09. The molecule has 1 aromatic rings. The number of carboxylic acids is 1. The van der Waals surface area contributed by atoms with Crippen LogP contribution in [-0.4, -0.2) is 25.5 Å². The van der Waals surface area contributed by atoms with E-state index in [0.717, 1.165) is 10.7 Å². The van der Waals surface area contributed by atoms with Crippen molar-refractivity contribution < 1.29 is 49.0 Å². The average Bonchev–Trinajstić information content (AvgIpc) is 2.36. The Morgan fingerprint density at radius 3 is 2.43 bits per heavy atom. The van der Waals surface area contributed by atoms with Gasteiger partial charge in [0.15, 0.2) is 0 Å². The van der Waals surface area contributed by atoms with E-state index in [4.69, 9.17) is 4.74 Å². The number of hydrogen-bond acceptors (Lipinski definition) is 4. The Kier molecular flexibility index (Phi) is 11.4. The van der Waals surface area contributed by atoms with Gasteiger partial charge in [-0.3, -0.25) is 4.79 Å². The first kappa shape index (κ1) is 22.1. The molecule has 5 nitrogen and oxygen atoms in total. The molecule has 9 heteroatoms. The molecule has 0 bridgehead atoms. The minimum absolute atomic E-state index is 0. The van der Waals surface area contributed by atoms with Crippen LogP contribution < -0.4 is 44.7 Å². The number of amides is 1. The van der Waals surface area contributed by atoms with Crippen LogP contribution in [0.5, 0.6) is 5.75 Å². The van der Waals surface area contributed by atoms with E-state index >= 15 is 0 Å². The van der Waals surface area contributed by atoms with E-state index in [1.807, 2.05) is 6.07 Å². The Morgan fingerprint density at radius 2 is 1.90 bits per heavy atom. The smallest absolute Gasteiger partial charge is 0.550 e. The van der Waals surface area contributed by atoms with Gasteiger partial charge in [0.25, 0.3) is 5.91 Å². The van der Waals surface area contributed by atoms with Gasteiger partial charge in [-0.15, -0.1) is 0 Å². The van der Waals surface area contributed by atoms with Crippen molar-refractivity contribution in [2.24, 2.45) is 0 Å². The summed E-state index contributed by atoms with van der Waals surface area (Å²) in [5.41, 5.74) is 0.573. The molecule has 1 aromatic carbocycles. The van der Waals surface area contributed by atoms with Crippen molar-refractivity contribution in [2.45, 2.75) is 12.8 Å². The summed E-state index contributed by atoms with van der Waals surface area (Å²) in [6.45, 7) is 0.272. The Balaban J connectivity index is 0.00000400. The largest absolute Gasteiger partial charge is 1.00 e. The number of ether oxygens (including phenoxy) is 1. The van der Waals surface area contributed by atoms with Crippen LogP contribution in [0.15, 0.2) is 6.07 Å². The maximum Gasteiger partial charge on any atom is 1.00 e. The number of rotatable bonds is 6. The number of hydrogen-bond donors (Lipinski definition) is 1. The van der Waals surface area contributed by atoms with Gasteiger partial charge in [0.2, 0.25) is 0 Å². The van der Waals surface area contributed by atoms with Gasteiger partial charge in [-0.05, 0) is 86.7 Å². The summed E-state index contributed by atoms with van der Waals surface area (Å²) in [6, 6.07) is 1.86. The number of carbonyl (C=O) groups excluding carboxylic acids is 2. The van der Waals surface area contributed by atoms with Crippen LogP contribution in [0, 0.1) is 10.7 Å². The standard InChI is InChI=1S/C12H12I3NO4.Na/c1-16-12(19)9-6(13)5-7(14)11(10(9)15)20-4-2-3-8(17)18;/h5H,2-4H2,1H3,(H,16,19)(H,17,18);/q;+1/p-1. The maximum atomic E-state index is 11.9. The number of aliphatic carboxylic acids is 1. The fourth-order valence-electron chi connectivity index (χ4n) is 1.43. The van der Waals surface area contributed by atoms with E-state index in [2.05, 4.69) is 73.1 Å². The van der Waals surface area contributed by atoms with Gasteiger partial charge in [-0.25, -0.2) is 0 Å². The number of halogens is 3. The molecule has 110 valence electrons. The zero-order chi connectivity index (χ0) is 15.3. The summed E-state index contributed by atoms with van der Waals surface area (Å²) >= 11 is 6.31. The summed E-state index contributed by atoms with van der Waals surface area (Å²) in [4.78, 5) is 22.2. The molecule has 0 heterocycles. The van der Waals surface area contributed by atoms with Crippen LogP contribution in [0.1, 0.15) is 23.2 Å². The Labute approximate surface area is 186 Å². The molecule has 21 heavy (non-hydrogen) atoms. The number of nitrogens with one attached hydrogen (secondary N) is 1. The minimum Gasteiger partial charge on any atom is -0.550 e. The van der Waals surface area contributed by atoms with Crippen molar-refractivity contribution >= 4 is 79.6 Å². The van der Waals surface area contributed by atoms with Crippen LogP contribution in [-0.2, 0) is 4.79 Å². The zero-order valence-corrected chi connectivity index (χ0v) is 19.9. The first-order valence-electron chi connectivity index (χ1n) is 5.60. The molecule has 0 atom stereocenters. The molecule has 0 radical (unpaired) electrons. The molecular weight excluding hydrogens is 626 g/mol. The molecule has 0 aliphatic rings. The first-order chi connectivity index (χ1) is 9.38.